The van der Waals surface area contributed by atoms with Crippen LogP contribution in [0.3, 0.4) is 0 Å². The predicted molar refractivity (Wildman–Crippen MR) is 61.5 cm³/mol. The first-order chi connectivity index (χ1) is 8.74. The molecule has 2 aromatic rings. The monoisotopic (exact) mass is 244 g/mol. The lowest BCUT2D eigenvalue weighted by atomic mass is 10.3. The molecule has 1 heterocycles. The Kier molecular flexibility index (Phi) is 3.22. The van der Waals surface area contributed by atoms with Crippen LogP contribution in [0.25, 0.3) is 16.1 Å². The van der Waals surface area contributed by atoms with Crippen LogP contribution < -0.4 is 0 Å². The smallest absolute Gasteiger partial charge is 0.360 e. The Morgan fingerprint density at radius 2 is 2.39 bits per heavy atom. The molecule has 0 unspecified atom stereocenters. The maximum absolute atomic E-state index is 11.2. The summed E-state index contributed by atoms with van der Waals surface area (Å²) in [4.78, 5) is 13.9. The van der Waals surface area contributed by atoms with Crippen molar-refractivity contribution in [3.05, 3.63) is 46.6 Å². The molecular weight excluding hydrogens is 236 g/mol. The third kappa shape index (κ3) is 2.28. The maximum atomic E-state index is 11.2. The molecule has 0 radical (unpaired) electrons. The van der Waals surface area contributed by atoms with Gasteiger partial charge in [-0.05, 0) is 17.7 Å². The zero-order valence-electron chi connectivity index (χ0n) is 9.39. The van der Waals surface area contributed by atoms with E-state index in [1.807, 2.05) is 0 Å². The maximum Gasteiger partial charge on any atom is 0.360 e. The molecular formula is C10H8N6O2. The number of methoxy groups -OCH3 is 1. The van der Waals surface area contributed by atoms with Crippen molar-refractivity contribution in [1.29, 1.82) is 0 Å². The van der Waals surface area contributed by atoms with Gasteiger partial charge in [0.25, 0.3) is 0 Å². The molecule has 18 heavy (non-hydrogen) atoms. The lowest BCUT2D eigenvalue weighted by Crippen LogP contribution is -2.01. The van der Waals surface area contributed by atoms with Crippen molar-refractivity contribution in [2.75, 3.05) is 7.11 Å². The van der Waals surface area contributed by atoms with Crippen molar-refractivity contribution in [3.8, 4) is 5.69 Å². The summed E-state index contributed by atoms with van der Waals surface area (Å²) in [5, 5.41) is 10.9. The molecule has 2 rings (SSSR count). The van der Waals surface area contributed by atoms with Crippen molar-refractivity contribution in [1.82, 2.24) is 15.0 Å². The highest BCUT2D eigenvalue weighted by atomic mass is 16.5. The van der Waals surface area contributed by atoms with Crippen LogP contribution in [-0.2, 0) is 4.74 Å². The second-order valence-electron chi connectivity index (χ2n) is 3.25. The van der Waals surface area contributed by atoms with E-state index in [0.717, 1.165) is 0 Å². The molecule has 0 saturated heterocycles. The SMILES string of the molecule is COC(=O)c1cn(-c2cccc(N=[N+]=[N-])c2)nn1. The van der Waals surface area contributed by atoms with Gasteiger partial charge in [0.2, 0.25) is 0 Å². The molecule has 90 valence electrons. The first-order valence-electron chi connectivity index (χ1n) is 4.91. The average Bonchev–Trinajstić information content (AvgIpc) is 2.88. The lowest BCUT2D eigenvalue weighted by Gasteiger charge is -1.99. The molecule has 0 aliphatic rings. The Morgan fingerprint density at radius 1 is 1.56 bits per heavy atom. The molecule has 0 bridgehead atoms. The zero-order valence-corrected chi connectivity index (χ0v) is 9.39. The fourth-order valence-electron chi connectivity index (χ4n) is 1.34. The topological polar surface area (TPSA) is 106 Å². The molecule has 1 aromatic heterocycles. The van der Waals surface area contributed by atoms with Gasteiger partial charge in [0, 0.05) is 10.6 Å². The van der Waals surface area contributed by atoms with Crippen molar-refractivity contribution in [2.45, 2.75) is 0 Å². The summed E-state index contributed by atoms with van der Waals surface area (Å²) in [6.45, 7) is 0. The number of rotatable bonds is 3. The summed E-state index contributed by atoms with van der Waals surface area (Å²) in [6, 6.07) is 6.72. The van der Waals surface area contributed by atoms with E-state index in [1.165, 1.54) is 18.0 Å². The number of nitrogens with zero attached hydrogens (tertiary/aromatic N) is 6. The van der Waals surface area contributed by atoms with E-state index in [-0.39, 0.29) is 5.69 Å². The Hall–Kier alpha value is -2.86. The largest absolute Gasteiger partial charge is 0.464 e. The van der Waals surface area contributed by atoms with E-state index in [0.29, 0.717) is 11.4 Å². The van der Waals surface area contributed by atoms with Gasteiger partial charge in [-0.1, -0.05) is 22.5 Å². The van der Waals surface area contributed by atoms with E-state index in [4.69, 9.17) is 5.53 Å². The van der Waals surface area contributed by atoms with Gasteiger partial charge in [0.15, 0.2) is 5.69 Å². The van der Waals surface area contributed by atoms with Crippen LogP contribution in [-0.4, -0.2) is 28.1 Å². The van der Waals surface area contributed by atoms with Crippen LogP contribution in [0.1, 0.15) is 10.5 Å². The third-order valence-electron chi connectivity index (χ3n) is 2.14. The number of ether oxygens (including phenoxy) is 1. The summed E-state index contributed by atoms with van der Waals surface area (Å²) in [6.07, 6.45) is 1.43. The summed E-state index contributed by atoms with van der Waals surface area (Å²) in [5.41, 5.74) is 9.53. The predicted octanol–water partition coefficient (Wildman–Crippen LogP) is 2.00. The number of esters is 1. The molecule has 1 aromatic carbocycles. The standard InChI is InChI=1S/C10H8N6O2/c1-18-10(17)9-6-16(15-13-9)8-4-2-3-7(5-8)12-14-11/h2-6H,1H3. The molecule has 0 amide bonds. The summed E-state index contributed by atoms with van der Waals surface area (Å²) in [7, 11) is 1.27. The Labute approximate surface area is 101 Å². The van der Waals surface area contributed by atoms with Gasteiger partial charge in [-0.2, -0.15) is 0 Å². The number of aromatic nitrogens is 3. The number of hydrogen-bond donors (Lipinski definition) is 0. The van der Waals surface area contributed by atoms with Gasteiger partial charge in [-0.25, -0.2) is 9.48 Å². The quantitative estimate of drug-likeness (QED) is 0.356. The minimum absolute atomic E-state index is 0.103. The molecule has 8 heteroatoms. The fourth-order valence-corrected chi connectivity index (χ4v) is 1.34. The van der Waals surface area contributed by atoms with E-state index >= 15 is 0 Å². The van der Waals surface area contributed by atoms with E-state index in [2.05, 4.69) is 25.1 Å². The van der Waals surface area contributed by atoms with Crippen molar-refractivity contribution in [2.24, 2.45) is 5.11 Å². The highest BCUT2D eigenvalue weighted by Crippen LogP contribution is 2.17. The normalized spacial score (nSPS) is 9.61. The van der Waals surface area contributed by atoms with Gasteiger partial charge >= 0.3 is 5.97 Å². The molecule has 0 aliphatic heterocycles. The molecule has 0 spiro atoms. The second kappa shape index (κ2) is 4.98. The van der Waals surface area contributed by atoms with Crippen molar-refractivity contribution >= 4 is 11.7 Å². The molecule has 0 atom stereocenters. The first kappa shape index (κ1) is 11.6. The minimum atomic E-state index is -0.563. The molecule has 8 nitrogen and oxygen atoms in total. The minimum Gasteiger partial charge on any atom is -0.464 e. The van der Waals surface area contributed by atoms with Crippen LogP contribution >= 0.6 is 0 Å². The molecule has 0 saturated carbocycles. The molecule has 0 aliphatic carbocycles. The van der Waals surface area contributed by atoms with Gasteiger partial charge < -0.3 is 4.74 Å². The van der Waals surface area contributed by atoms with Gasteiger partial charge in [-0.15, -0.1) is 5.10 Å². The Morgan fingerprint density at radius 3 is 3.11 bits per heavy atom. The number of hydrogen-bond acceptors (Lipinski definition) is 5. The third-order valence-corrected chi connectivity index (χ3v) is 2.14. The van der Waals surface area contributed by atoms with Gasteiger partial charge in [-0.3, -0.25) is 0 Å². The average molecular weight is 244 g/mol. The number of benzene rings is 1. The van der Waals surface area contributed by atoms with Crippen molar-refractivity contribution in [3.63, 3.8) is 0 Å². The lowest BCUT2D eigenvalue weighted by molar-refractivity contribution is 0.0594. The van der Waals surface area contributed by atoms with Crippen LogP contribution in [0, 0.1) is 0 Å². The Bertz CT molecular complexity index is 629. The summed E-state index contributed by atoms with van der Waals surface area (Å²) < 4.78 is 5.92. The zero-order chi connectivity index (χ0) is 13.0. The van der Waals surface area contributed by atoms with E-state index in [1.54, 1.807) is 24.3 Å². The first-order valence-corrected chi connectivity index (χ1v) is 4.91. The van der Waals surface area contributed by atoms with E-state index in [9.17, 15) is 4.79 Å². The van der Waals surface area contributed by atoms with Crippen molar-refractivity contribution < 1.29 is 9.53 Å². The Balaban J connectivity index is 2.36. The fraction of sp³-hybridized carbons (Fsp3) is 0.100. The van der Waals surface area contributed by atoms with Crippen LogP contribution in [0.4, 0.5) is 5.69 Å². The summed E-state index contributed by atoms with van der Waals surface area (Å²) in [5.74, 6) is -0.563. The summed E-state index contributed by atoms with van der Waals surface area (Å²) >= 11 is 0. The van der Waals surface area contributed by atoms with Crippen LogP contribution in [0.2, 0.25) is 0 Å². The van der Waals surface area contributed by atoms with E-state index < -0.39 is 5.97 Å². The molecule has 0 fully saturated rings. The second-order valence-corrected chi connectivity index (χ2v) is 3.25. The van der Waals surface area contributed by atoms with Gasteiger partial charge in [0.1, 0.15) is 0 Å². The number of carbonyl (C=O) groups excluding carboxylic acids is 1. The van der Waals surface area contributed by atoms with Crippen LogP contribution in [0.5, 0.6) is 0 Å². The van der Waals surface area contributed by atoms with Crippen LogP contribution in [0.15, 0.2) is 35.6 Å². The molecule has 0 N–H and O–H groups in total. The number of carbonyl (C=O) groups is 1. The van der Waals surface area contributed by atoms with Gasteiger partial charge in [0.05, 0.1) is 19.0 Å². The highest BCUT2D eigenvalue weighted by molar-refractivity contribution is 5.86. The highest BCUT2D eigenvalue weighted by Gasteiger charge is 2.11. The number of azide groups is 1.